The molecule has 1 aromatic carbocycles. The summed E-state index contributed by atoms with van der Waals surface area (Å²) >= 11 is 5.95. The molecule has 0 aromatic heterocycles. The Bertz CT molecular complexity index is 344. The first kappa shape index (κ1) is 14.1. The predicted octanol–water partition coefficient (Wildman–Crippen LogP) is 5.36. The highest BCUT2D eigenvalue weighted by molar-refractivity contribution is 6.25. The Morgan fingerprint density at radius 1 is 1.12 bits per heavy atom. The smallest absolute Gasteiger partial charge is 0.127 e. The molecule has 17 heavy (non-hydrogen) atoms. The second-order valence-electron chi connectivity index (χ2n) is 4.23. The lowest BCUT2D eigenvalue weighted by Crippen LogP contribution is -2.24. The number of hydrogen-bond acceptors (Lipinski definition) is 1. The molecule has 0 heterocycles. The Balaban J connectivity index is 2.92. The number of allylic oxidation sites excluding steroid dienone is 1. The van der Waals surface area contributed by atoms with E-state index in [0.29, 0.717) is 0 Å². The standard InChI is InChI=1S/C15H21ClO/c1-4-15(5-2,6-3)14(12-16)17-13-10-8-7-9-11-13/h7-12H,4-6H2,1-3H3. The number of benzene rings is 1. The van der Waals surface area contributed by atoms with Gasteiger partial charge >= 0.3 is 0 Å². The van der Waals surface area contributed by atoms with E-state index in [1.807, 2.05) is 30.3 Å². The molecule has 0 radical (unpaired) electrons. The summed E-state index contributed by atoms with van der Waals surface area (Å²) < 4.78 is 5.93. The molecule has 0 fully saturated rings. The van der Waals surface area contributed by atoms with Crippen LogP contribution in [0.2, 0.25) is 0 Å². The number of rotatable bonds is 6. The van der Waals surface area contributed by atoms with E-state index in [1.165, 1.54) is 0 Å². The zero-order valence-corrected chi connectivity index (χ0v) is 11.6. The van der Waals surface area contributed by atoms with Gasteiger partial charge in [0.1, 0.15) is 11.5 Å². The topological polar surface area (TPSA) is 9.23 Å². The average Bonchev–Trinajstić information content (AvgIpc) is 2.41. The van der Waals surface area contributed by atoms with E-state index in [4.69, 9.17) is 16.3 Å². The van der Waals surface area contributed by atoms with Crippen molar-refractivity contribution in [2.45, 2.75) is 40.0 Å². The van der Waals surface area contributed by atoms with Gasteiger partial charge in [0, 0.05) is 11.0 Å². The van der Waals surface area contributed by atoms with Crippen LogP contribution in [0.1, 0.15) is 40.0 Å². The van der Waals surface area contributed by atoms with E-state index in [2.05, 4.69) is 20.8 Å². The van der Waals surface area contributed by atoms with Gasteiger partial charge in [-0.25, -0.2) is 0 Å². The summed E-state index contributed by atoms with van der Waals surface area (Å²) in [5, 5.41) is 0. The zero-order valence-electron chi connectivity index (χ0n) is 10.9. The summed E-state index contributed by atoms with van der Waals surface area (Å²) in [4.78, 5) is 0. The molecule has 2 heteroatoms. The summed E-state index contributed by atoms with van der Waals surface area (Å²) in [6.07, 6.45) is 3.10. The molecule has 0 atom stereocenters. The molecule has 0 unspecified atom stereocenters. The van der Waals surface area contributed by atoms with E-state index in [9.17, 15) is 0 Å². The predicted molar refractivity (Wildman–Crippen MR) is 74.3 cm³/mol. The minimum atomic E-state index is 0.0532. The van der Waals surface area contributed by atoms with Crippen molar-refractivity contribution < 1.29 is 4.74 Å². The van der Waals surface area contributed by atoms with E-state index in [1.54, 1.807) is 5.54 Å². The fourth-order valence-electron chi connectivity index (χ4n) is 2.13. The van der Waals surface area contributed by atoms with Crippen LogP contribution in [0.15, 0.2) is 41.6 Å². The molecule has 1 nitrogen and oxygen atoms in total. The van der Waals surface area contributed by atoms with Crippen LogP contribution in [0.5, 0.6) is 5.75 Å². The Morgan fingerprint density at radius 2 is 1.65 bits per heavy atom. The van der Waals surface area contributed by atoms with Crippen LogP contribution in [0.3, 0.4) is 0 Å². The van der Waals surface area contributed by atoms with Crippen molar-refractivity contribution in [3.63, 3.8) is 0 Å². The molecule has 0 bridgehead atoms. The highest BCUT2D eigenvalue weighted by Crippen LogP contribution is 2.39. The van der Waals surface area contributed by atoms with Crippen LogP contribution in [-0.2, 0) is 0 Å². The van der Waals surface area contributed by atoms with Crippen molar-refractivity contribution in [3.8, 4) is 5.75 Å². The Hall–Kier alpha value is -0.950. The van der Waals surface area contributed by atoms with Crippen LogP contribution < -0.4 is 4.74 Å². The average molecular weight is 253 g/mol. The molecule has 0 N–H and O–H groups in total. The maximum atomic E-state index is 5.95. The summed E-state index contributed by atoms with van der Waals surface area (Å²) in [6, 6.07) is 9.81. The van der Waals surface area contributed by atoms with Gasteiger partial charge in [-0.3, -0.25) is 0 Å². The summed E-state index contributed by atoms with van der Waals surface area (Å²) in [7, 11) is 0. The molecule has 94 valence electrons. The minimum Gasteiger partial charge on any atom is -0.460 e. The van der Waals surface area contributed by atoms with Crippen molar-refractivity contribution in [2.75, 3.05) is 0 Å². The van der Waals surface area contributed by atoms with E-state index >= 15 is 0 Å². The zero-order chi connectivity index (χ0) is 12.7. The Kier molecular flexibility index (Phi) is 5.57. The number of hydrogen-bond donors (Lipinski definition) is 0. The van der Waals surface area contributed by atoms with Gasteiger partial charge in [0.15, 0.2) is 0 Å². The lowest BCUT2D eigenvalue weighted by Gasteiger charge is -2.32. The van der Waals surface area contributed by atoms with Gasteiger partial charge in [-0.1, -0.05) is 50.6 Å². The molecule has 0 amide bonds. The molecule has 1 aromatic rings. The number of para-hydroxylation sites is 1. The first-order valence-electron chi connectivity index (χ1n) is 6.26. The first-order valence-corrected chi connectivity index (χ1v) is 6.69. The monoisotopic (exact) mass is 252 g/mol. The maximum absolute atomic E-state index is 5.95. The van der Waals surface area contributed by atoms with Crippen molar-refractivity contribution in [1.82, 2.24) is 0 Å². The molecule has 0 saturated heterocycles. The minimum absolute atomic E-state index is 0.0532. The SMILES string of the molecule is CCC(CC)(CC)C(=CCl)Oc1ccccc1. The van der Waals surface area contributed by atoms with E-state index in [-0.39, 0.29) is 5.41 Å². The maximum Gasteiger partial charge on any atom is 0.127 e. The summed E-state index contributed by atoms with van der Waals surface area (Å²) in [5.74, 6) is 1.72. The van der Waals surface area contributed by atoms with Gasteiger partial charge in [0.25, 0.3) is 0 Å². The molecular weight excluding hydrogens is 232 g/mol. The lowest BCUT2D eigenvalue weighted by atomic mass is 9.78. The van der Waals surface area contributed by atoms with E-state index < -0.39 is 0 Å². The third-order valence-electron chi connectivity index (χ3n) is 3.62. The molecule has 0 saturated carbocycles. The van der Waals surface area contributed by atoms with Crippen molar-refractivity contribution in [2.24, 2.45) is 5.41 Å². The van der Waals surface area contributed by atoms with Gasteiger partial charge in [0.05, 0.1) is 0 Å². The molecule has 0 aliphatic rings. The first-order chi connectivity index (χ1) is 8.22. The highest BCUT2D eigenvalue weighted by Gasteiger charge is 2.30. The third kappa shape index (κ3) is 3.26. The highest BCUT2D eigenvalue weighted by atomic mass is 35.5. The van der Waals surface area contributed by atoms with Crippen LogP contribution in [0.25, 0.3) is 0 Å². The molecular formula is C15H21ClO. The van der Waals surface area contributed by atoms with Gasteiger partial charge in [-0.15, -0.1) is 0 Å². The Morgan fingerprint density at radius 3 is 2.06 bits per heavy atom. The summed E-state index contributed by atoms with van der Waals surface area (Å²) in [5.41, 5.74) is 1.64. The lowest BCUT2D eigenvalue weighted by molar-refractivity contribution is 0.209. The molecule has 0 aliphatic heterocycles. The van der Waals surface area contributed by atoms with Crippen LogP contribution in [0.4, 0.5) is 0 Å². The fraction of sp³-hybridized carbons (Fsp3) is 0.467. The second kappa shape index (κ2) is 6.70. The van der Waals surface area contributed by atoms with Crippen molar-refractivity contribution in [1.29, 1.82) is 0 Å². The summed E-state index contributed by atoms with van der Waals surface area (Å²) in [6.45, 7) is 6.55. The quantitative estimate of drug-likeness (QED) is 0.619. The largest absolute Gasteiger partial charge is 0.460 e. The van der Waals surface area contributed by atoms with Gasteiger partial charge in [0.2, 0.25) is 0 Å². The Labute approximate surface area is 109 Å². The van der Waals surface area contributed by atoms with Crippen LogP contribution >= 0.6 is 11.6 Å². The van der Waals surface area contributed by atoms with Crippen LogP contribution in [0, 0.1) is 5.41 Å². The third-order valence-corrected chi connectivity index (χ3v) is 3.82. The van der Waals surface area contributed by atoms with Gasteiger partial charge in [-0.2, -0.15) is 0 Å². The normalized spacial score (nSPS) is 12.6. The van der Waals surface area contributed by atoms with Crippen LogP contribution in [-0.4, -0.2) is 0 Å². The second-order valence-corrected chi connectivity index (χ2v) is 4.45. The van der Waals surface area contributed by atoms with Gasteiger partial charge < -0.3 is 4.74 Å². The number of ether oxygens (including phenoxy) is 1. The molecule has 0 spiro atoms. The van der Waals surface area contributed by atoms with Crippen molar-refractivity contribution in [3.05, 3.63) is 41.6 Å². The molecule has 1 rings (SSSR count). The fourth-order valence-corrected chi connectivity index (χ4v) is 2.41. The van der Waals surface area contributed by atoms with Crippen molar-refractivity contribution >= 4 is 11.6 Å². The van der Waals surface area contributed by atoms with Gasteiger partial charge in [-0.05, 0) is 31.4 Å². The van der Waals surface area contributed by atoms with E-state index in [0.717, 1.165) is 30.8 Å². The number of halogens is 1. The molecule has 0 aliphatic carbocycles.